The summed E-state index contributed by atoms with van der Waals surface area (Å²) in [5.41, 5.74) is 6.50. The van der Waals surface area contributed by atoms with Gasteiger partial charge in [0.15, 0.2) is 17.7 Å². The number of rotatable bonds is 5. The quantitative estimate of drug-likeness (QED) is 0.813. The highest BCUT2D eigenvalue weighted by Gasteiger charge is 2.46. The predicted octanol–water partition coefficient (Wildman–Crippen LogP) is 1.28. The fourth-order valence-electron chi connectivity index (χ4n) is 2.95. The van der Waals surface area contributed by atoms with Crippen molar-refractivity contribution < 1.29 is 19.3 Å². The molecule has 1 aliphatic rings. The van der Waals surface area contributed by atoms with E-state index >= 15 is 0 Å². The van der Waals surface area contributed by atoms with Crippen molar-refractivity contribution in [1.29, 1.82) is 0 Å². The molecule has 3 N–H and O–H groups in total. The zero-order valence-corrected chi connectivity index (χ0v) is 15.8. The number of nitrogen functional groups attached to an aromatic ring is 1. The normalized spacial score (nSPS) is 26.9. The number of nitrogens with two attached hydrogens (primary N) is 1. The smallest absolute Gasteiger partial charge is 0.167 e. The Hall–Kier alpha value is -1.81. The van der Waals surface area contributed by atoms with Gasteiger partial charge in [0.2, 0.25) is 0 Å². The second-order valence-corrected chi connectivity index (χ2v) is 7.71. The van der Waals surface area contributed by atoms with Crippen molar-refractivity contribution in [2.24, 2.45) is 0 Å². The Labute approximate surface area is 152 Å². The fraction of sp³-hybridized carbons (Fsp3) is 0.706. The molecule has 0 bridgehead atoms. The molecule has 26 heavy (non-hydrogen) atoms. The van der Waals surface area contributed by atoms with Gasteiger partial charge >= 0.3 is 0 Å². The summed E-state index contributed by atoms with van der Waals surface area (Å²) in [6.45, 7) is 10.1. The number of hydrogen-bond acceptors (Lipinski definition) is 8. The van der Waals surface area contributed by atoms with E-state index in [-0.39, 0.29) is 17.5 Å². The van der Waals surface area contributed by atoms with Crippen molar-refractivity contribution in [3.05, 3.63) is 12.7 Å². The van der Waals surface area contributed by atoms with Crippen LogP contribution in [0.5, 0.6) is 0 Å². The lowest BCUT2D eigenvalue weighted by Crippen LogP contribution is -2.39. The van der Waals surface area contributed by atoms with Crippen LogP contribution in [0.15, 0.2) is 12.7 Å². The maximum Gasteiger partial charge on any atom is 0.167 e. The number of imidazole rings is 1. The van der Waals surface area contributed by atoms with E-state index in [2.05, 4.69) is 15.0 Å². The molecule has 2 aromatic heterocycles. The third kappa shape index (κ3) is 3.80. The lowest BCUT2D eigenvalue weighted by Gasteiger charge is -2.26. The van der Waals surface area contributed by atoms with Crippen LogP contribution in [-0.4, -0.2) is 61.2 Å². The summed E-state index contributed by atoms with van der Waals surface area (Å²) < 4.78 is 19.5. The number of aromatic nitrogens is 4. The number of hydrogen-bond donors (Lipinski definition) is 2. The maximum absolute atomic E-state index is 10.9. The summed E-state index contributed by atoms with van der Waals surface area (Å²) >= 11 is 0. The Kier molecular flexibility index (Phi) is 5.16. The molecule has 0 aromatic carbocycles. The van der Waals surface area contributed by atoms with Crippen LogP contribution in [0.4, 0.5) is 5.82 Å². The number of anilines is 1. The first-order valence-corrected chi connectivity index (χ1v) is 8.73. The summed E-state index contributed by atoms with van der Waals surface area (Å²) in [7, 11) is 0. The zero-order valence-electron chi connectivity index (χ0n) is 15.8. The molecular weight excluding hydrogens is 338 g/mol. The standard InChI is InChI=1S/C17H27N5O4/c1-9(2)25-13-10(6-24-17(3,4)5)26-16(12(13)23)22-8-21-11-14(18)19-7-20-15(11)22/h7-10,12-13,16,23H,6H2,1-5H3,(H2,18,19,20)/t10-,12+,13-,16-/m1/s1. The zero-order chi connectivity index (χ0) is 19.1. The van der Waals surface area contributed by atoms with Crippen molar-refractivity contribution in [2.45, 2.75) is 70.9 Å². The molecule has 2 aromatic rings. The minimum atomic E-state index is -0.903. The molecular formula is C17H27N5O4. The summed E-state index contributed by atoms with van der Waals surface area (Å²) in [6, 6.07) is 0. The van der Waals surface area contributed by atoms with Crippen molar-refractivity contribution in [1.82, 2.24) is 19.5 Å². The minimum absolute atomic E-state index is 0.0633. The number of aliphatic hydroxyl groups is 1. The van der Waals surface area contributed by atoms with Crippen molar-refractivity contribution in [3.63, 3.8) is 0 Å². The first-order valence-electron chi connectivity index (χ1n) is 8.73. The van der Waals surface area contributed by atoms with Gasteiger partial charge in [0.1, 0.15) is 30.2 Å². The van der Waals surface area contributed by atoms with Crippen molar-refractivity contribution >= 4 is 17.0 Å². The molecule has 0 radical (unpaired) electrons. The van der Waals surface area contributed by atoms with Crippen LogP contribution in [-0.2, 0) is 14.2 Å². The highest BCUT2D eigenvalue weighted by atomic mass is 16.6. The Morgan fingerprint density at radius 3 is 2.69 bits per heavy atom. The molecule has 0 unspecified atom stereocenters. The average molecular weight is 365 g/mol. The first-order chi connectivity index (χ1) is 12.2. The van der Waals surface area contributed by atoms with Crippen LogP contribution in [0.1, 0.15) is 40.8 Å². The average Bonchev–Trinajstić information content (AvgIpc) is 3.08. The maximum atomic E-state index is 10.9. The first kappa shape index (κ1) is 19.0. The third-order valence-electron chi connectivity index (χ3n) is 4.08. The molecule has 0 spiro atoms. The SMILES string of the molecule is CC(C)O[C@H]1[C@H](O)[C@H](n2cnc3c(N)ncnc32)O[C@@H]1COC(C)(C)C. The van der Waals surface area contributed by atoms with Gasteiger partial charge in [0, 0.05) is 0 Å². The van der Waals surface area contributed by atoms with Crippen molar-refractivity contribution in [2.75, 3.05) is 12.3 Å². The summed E-state index contributed by atoms with van der Waals surface area (Å²) in [5.74, 6) is 0.281. The minimum Gasteiger partial charge on any atom is -0.386 e. The van der Waals surface area contributed by atoms with Gasteiger partial charge in [-0.3, -0.25) is 4.57 Å². The molecule has 0 saturated carbocycles. The molecule has 4 atom stereocenters. The molecule has 1 saturated heterocycles. The van der Waals surface area contributed by atoms with Gasteiger partial charge in [-0.1, -0.05) is 0 Å². The highest BCUT2D eigenvalue weighted by Crippen LogP contribution is 2.34. The monoisotopic (exact) mass is 365 g/mol. The molecule has 9 heteroatoms. The lowest BCUT2D eigenvalue weighted by atomic mass is 10.1. The second-order valence-electron chi connectivity index (χ2n) is 7.71. The fourth-order valence-corrected chi connectivity index (χ4v) is 2.95. The lowest BCUT2D eigenvalue weighted by molar-refractivity contribution is -0.115. The largest absolute Gasteiger partial charge is 0.386 e. The van der Waals surface area contributed by atoms with Gasteiger partial charge in [-0.2, -0.15) is 0 Å². The van der Waals surface area contributed by atoms with Gasteiger partial charge in [0.25, 0.3) is 0 Å². The topological polar surface area (TPSA) is 118 Å². The van der Waals surface area contributed by atoms with E-state index in [0.717, 1.165) is 0 Å². The van der Waals surface area contributed by atoms with E-state index in [4.69, 9.17) is 19.9 Å². The number of aliphatic hydroxyl groups excluding tert-OH is 1. The predicted molar refractivity (Wildman–Crippen MR) is 95.4 cm³/mol. The second kappa shape index (κ2) is 7.07. The summed E-state index contributed by atoms with van der Waals surface area (Å²) in [5, 5.41) is 10.9. The van der Waals surface area contributed by atoms with Crippen LogP contribution in [0.2, 0.25) is 0 Å². The van der Waals surface area contributed by atoms with E-state index in [1.165, 1.54) is 6.33 Å². The molecule has 1 fully saturated rings. The van der Waals surface area contributed by atoms with E-state index in [0.29, 0.717) is 17.8 Å². The van der Waals surface area contributed by atoms with E-state index in [9.17, 15) is 5.11 Å². The van der Waals surface area contributed by atoms with Gasteiger partial charge < -0.3 is 25.1 Å². The number of nitrogens with zero attached hydrogens (tertiary/aromatic N) is 4. The Balaban J connectivity index is 1.88. The van der Waals surface area contributed by atoms with Crippen LogP contribution in [0.3, 0.4) is 0 Å². The Bertz CT molecular complexity index is 757. The van der Waals surface area contributed by atoms with Gasteiger partial charge in [-0.15, -0.1) is 0 Å². The molecule has 0 aliphatic carbocycles. The molecule has 0 amide bonds. The Morgan fingerprint density at radius 2 is 2.04 bits per heavy atom. The molecule has 3 heterocycles. The van der Waals surface area contributed by atoms with Crippen molar-refractivity contribution in [3.8, 4) is 0 Å². The van der Waals surface area contributed by atoms with Crippen LogP contribution < -0.4 is 5.73 Å². The number of fused-ring (bicyclic) bond motifs is 1. The molecule has 9 nitrogen and oxygen atoms in total. The third-order valence-corrected chi connectivity index (χ3v) is 4.08. The number of ether oxygens (including phenoxy) is 3. The molecule has 1 aliphatic heterocycles. The Morgan fingerprint density at radius 1 is 1.31 bits per heavy atom. The van der Waals surface area contributed by atoms with E-state index < -0.39 is 24.5 Å². The highest BCUT2D eigenvalue weighted by molar-refractivity contribution is 5.81. The summed E-state index contributed by atoms with van der Waals surface area (Å²) in [6.07, 6.45) is 0.285. The van der Waals surface area contributed by atoms with E-state index in [1.807, 2.05) is 34.6 Å². The van der Waals surface area contributed by atoms with Crippen LogP contribution in [0, 0.1) is 0 Å². The van der Waals surface area contributed by atoms with Crippen LogP contribution in [0.25, 0.3) is 11.2 Å². The molecule has 3 rings (SSSR count). The van der Waals surface area contributed by atoms with E-state index in [1.54, 1.807) is 10.9 Å². The van der Waals surface area contributed by atoms with Gasteiger partial charge in [-0.25, -0.2) is 15.0 Å². The van der Waals surface area contributed by atoms with Crippen LogP contribution >= 0.6 is 0 Å². The van der Waals surface area contributed by atoms with Gasteiger partial charge in [0.05, 0.1) is 24.6 Å². The van der Waals surface area contributed by atoms with Gasteiger partial charge in [-0.05, 0) is 34.6 Å². The summed E-state index contributed by atoms with van der Waals surface area (Å²) in [4.78, 5) is 12.4. The molecule has 144 valence electrons.